The maximum absolute atomic E-state index is 13.0. The number of ether oxygens (including phenoxy) is 3. The molecule has 0 aliphatic rings. The zero-order chi connectivity index (χ0) is 28.3. The lowest BCUT2D eigenvalue weighted by molar-refractivity contribution is -0.137. The maximum Gasteiger partial charge on any atom is 0.326 e. The van der Waals surface area contributed by atoms with Gasteiger partial charge in [0.05, 0.1) is 20.8 Å². The second-order valence-corrected chi connectivity index (χ2v) is 9.27. The number of hydrogen-bond donors (Lipinski definition) is 2. The van der Waals surface area contributed by atoms with Crippen LogP contribution in [-0.4, -0.2) is 43.7 Å². The molecule has 0 aliphatic heterocycles. The first-order valence-corrected chi connectivity index (χ1v) is 13.1. The number of aryl methyl sites for hydroxylation is 1. The summed E-state index contributed by atoms with van der Waals surface area (Å²) < 4.78 is 16.5. The summed E-state index contributed by atoms with van der Waals surface area (Å²) >= 11 is 0. The quantitative estimate of drug-likeness (QED) is 0.149. The molecule has 0 unspecified atom stereocenters. The fourth-order valence-corrected chi connectivity index (χ4v) is 4.40. The van der Waals surface area contributed by atoms with Crippen molar-refractivity contribution in [3.63, 3.8) is 0 Å². The van der Waals surface area contributed by atoms with E-state index in [0.717, 1.165) is 29.7 Å². The van der Waals surface area contributed by atoms with Crippen molar-refractivity contribution in [2.75, 3.05) is 26.1 Å². The minimum absolute atomic E-state index is 0.166. The van der Waals surface area contributed by atoms with E-state index in [4.69, 9.17) is 14.2 Å². The van der Waals surface area contributed by atoms with Crippen molar-refractivity contribution in [1.29, 1.82) is 0 Å². The van der Waals surface area contributed by atoms with E-state index in [0.29, 0.717) is 34.9 Å². The van der Waals surface area contributed by atoms with Crippen molar-refractivity contribution >= 4 is 17.4 Å². The van der Waals surface area contributed by atoms with Gasteiger partial charge in [-0.1, -0.05) is 60.7 Å². The number of rotatable bonds is 14. The first-order valence-electron chi connectivity index (χ1n) is 13.1. The number of carboxylic acids is 1. The zero-order valence-corrected chi connectivity index (χ0v) is 22.6. The van der Waals surface area contributed by atoms with Crippen LogP contribution in [0.2, 0.25) is 0 Å². The predicted molar refractivity (Wildman–Crippen MR) is 155 cm³/mol. The highest BCUT2D eigenvalue weighted by Gasteiger charge is 2.21. The van der Waals surface area contributed by atoms with Gasteiger partial charge in [0, 0.05) is 23.2 Å². The Morgan fingerprint density at radius 1 is 0.800 bits per heavy atom. The normalized spacial score (nSPS) is 11.3. The summed E-state index contributed by atoms with van der Waals surface area (Å²) in [6, 6.07) is 28.3. The Bertz CT molecular complexity index is 1420. The van der Waals surface area contributed by atoms with Gasteiger partial charge in [0.25, 0.3) is 0 Å². The summed E-state index contributed by atoms with van der Waals surface area (Å²) in [5.41, 5.74) is 3.43. The molecule has 206 valence electrons. The summed E-state index contributed by atoms with van der Waals surface area (Å²) in [5, 5.41) is 13.0. The Balaban J connectivity index is 1.33. The van der Waals surface area contributed by atoms with Gasteiger partial charge in [-0.05, 0) is 60.4 Å². The fourth-order valence-electron chi connectivity index (χ4n) is 4.40. The molecule has 4 rings (SSSR count). The van der Waals surface area contributed by atoms with Gasteiger partial charge in [-0.25, -0.2) is 4.79 Å². The van der Waals surface area contributed by atoms with Crippen LogP contribution in [0.1, 0.15) is 33.5 Å². The number of aliphatic carboxylic acids is 1. The molecule has 4 aromatic rings. The monoisotopic (exact) mass is 539 g/mol. The van der Waals surface area contributed by atoms with Crippen LogP contribution in [0.4, 0.5) is 5.69 Å². The lowest BCUT2D eigenvalue weighted by Gasteiger charge is -2.18. The van der Waals surface area contributed by atoms with Gasteiger partial charge in [-0.2, -0.15) is 0 Å². The molecule has 0 radical (unpaired) electrons. The van der Waals surface area contributed by atoms with Crippen LogP contribution < -0.4 is 19.5 Å². The summed E-state index contributed by atoms with van der Waals surface area (Å²) in [4.78, 5) is 25.2. The summed E-state index contributed by atoms with van der Waals surface area (Å²) in [6.07, 6.45) is 1.89. The van der Waals surface area contributed by atoms with Crippen molar-refractivity contribution < 1.29 is 28.9 Å². The Hall–Kier alpha value is -4.78. The smallest absolute Gasteiger partial charge is 0.326 e. The number of benzene rings is 4. The van der Waals surface area contributed by atoms with Crippen LogP contribution in [0.3, 0.4) is 0 Å². The molecule has 0 bridgehead atoms. The number of carboxylic acid groups (broad SMARTS) is 1. The molecule has 0 aromatic heterocycles. The third kappa shape index (κ3) is 7.41. The molecule has 1 atom stereocenters. The first kappa shape index (κ1) is 28.2. The van der Waals surface area contributed by atoms with E-state index in [2.05, 4.69) is 5.32 Å². The highest BCUT2D eigenvalue weighted by atomic mass is 16.5. The average Bonchev–Trinajstić information content (AvgIpc) is 3.00. The number of carbonyl (C=O) groups is 2. The minimum Gasteiger partial charge on any atom is -0.494 e. The Morgan fingerprint density at radius 2 is 1.48 bits per heavy atom. The van der Waals surface area contributed by atoms with Gasteiger partial charge in [0.1, 0.15) is 11.8 Å². The molecular weight excluding hydrogens is 506 g/mol. The van der Waals surface area contributed by atoms with E-state index in [-0.39, 0.29) is 12.2 Å². The van der Waals surface area contributed by atoms with Crippen LogP contribution in [0.25, 0.3) is 0 Å². The summed E-state index contributed by atoms with van der Waals surface area (Å²) in [5.74, 6) is 0.956. The van der Waals surface area contributed by atoms with Crippen molar-refractivity contribution in [1.82, 2.24) is 0 Å². The number of carbonyl (C=O) groups excluding carboxylic acids is 1. The Morgan fingerprint density at radius 3 is 2.17 bits per heavy atom. The van der Waals surface area contributed by atoms with E-state index >= 15 is 0 Å². The molecule has 0 saturated heterocycles. The maximum atomic E-state index is 13.0. The second-order valence-electron chi connectivity index (χ2n) is 9.27. The van der Waals surface area contributed by atoms with Crippen LogP contribution in [0.5, 0.6) is 17.2 Å². The van der Waals surface area contributed by atoms with Gasteiger partial charge in [-0.3, -0.25) is 4.79 Å². The molecule has 0 aliphatic carbocycles. The molecule has 7 heteroatoms. The van der Waals surface area contributed by atoms with Gasteiger partial charge in [0.2, 0.25) is 0 Å². The van der Waals surface area contributed by atoms with Crippen molar-refractivity contribution in [2.45, 2.75) is 25.3 Å². The molecule has 0 saturated carbocycles. The molecular formula is C33H33NO6. The molecule has 4 aromatic carbocycles. The van der Waals surface area contributed by atoms with Gasteiger partial charge in [0.15, 0.2) is 17.3 Å². The fraction of sp³-hybridized carbons (Fsp3) is 0.212. The zero-order valence-electron chi connectivity index (χ0n) is 22.6. The number of para-hydroxylation sites is 1. The van der Waals surface area contributed by atoms with E-state index in [1.807, 2.05) is 48.5 Å². The number of ketones is 1. The third-order valence-corrected chi connectivity index (χ3v) is 6.53. The van der Waals surface area contributed by atoms with Gasteiger partial charge < -0.3 is 24.6 Å². The van der Waals surface area contributed by atoms with Gasteiger partial charge >= 0.3 is 5.97 Å². The van der Waals surface area contributed by atoms with E-state index in [1.165, 1.54) is 0 Å². The Kier molecular flexibility index (Phi) is 9.77. The standard InChI is InChI=1S/C33H33NO6/c1-38-30-19-16-23(22-31(30)39-2)9-8-20-40-26-17-14-24(15-18-26)21-29(33(36)37)34-28-13-7-6-12-27(28)32(35)25-10-4-3-5-11-25/h3-7,10-19,22,29,34H,8-9,20-21H2,1-2H3,(H,36,37)/t29-/m0/s1. The molecule has 0 heterocycles. The lowest BCUT2D eigenvalue weighted by atomic mass is 10.00. The first-order chi connectivity index (χ1) is 19.5. The van der Waals surface area contributed by atoms with Crippen molar-refractivity contribution in [3.8, 4) is 17.2 Å². The topological polar surface area (TPSA) is 94.1 Å². The highest BCUT2D eigenvalue weighted by molar-refractivity contribution is 6.12. The molecule has 2 N–H and O–H groups in total. The largest absolute Gasteiger partial charge is 0.494 e. The van der Waals surface area contributed by atoms with Crippen LogP contribution >= 0.6 is 0 Å². The number of hydrogen-bond acceptors (Lipinski definition) is 6. The SMILES string of the molecule is COc1ccc(CCCOc2ccc(C[C@H](Nc3ccccc3C(=O)c3ccccc3)C(=O)O)cc2)cc1OC. The molecule has 7 nitrogen and oxygen atoms in total. The van der Waals surface area contributed by atoms with Crippen molar-refractivity contribution in [2.24, 2.45) is 0 Å². The van der Waals surface area contributed by atoms with Crippen LogP contribution in [0, 0.1) is 0 Å². The number of anilines is 1. The van der Waals surface area contributed by atoms with E-state index < -0.39 is 12.0 Å². The molecule has 0 spiro atoms. The van der Waals surface area contributed by atoms with E-state index in [1.54, 1.807) is 62.8 Å². The predicted octanol–water partition coefficient (Wildman–Crippen LogP) is 6.05. The summed E-state index contributed by atoms with van der Waals surface area (Å²) in [7, 11) is 3.23. The average molecular weight is 540 g/mol. The van der Waals surface area contributed by atoms with Gasteiger partial charge in [-0.15, -0.1) is 0 Å². The lowest BCUT2D eigenvalue weighted by Crippen LogP contribution is -2.32. The minimum atomic E-state index is -1.00. The summed E-state index contributed by atoms with van der Waals surface area (Å²) in [6.45, 7) is 0.541. The Labute approximate surface area is 234 Å². The van der Waals surface area contributed by atoms with Crippen LogP contribution in [-0.2, 0) is 17.6 Å². The molecule has 0 fully saturated rings. The molecule has 0 amide bonds. The number of methoxy groups -OCH3 is 2. The van der Waals surface area contributed by atoms with Crippen molar-refractivity contribution in [3.05, 3.63) is 119 Å². The van der Waals surface area contributed by atoms with Crippen LogP contribution in [0.15, 0.2) is 97.1 Å². The van der Waals surface area contributed by atoms with E-state index in [9.17, 15) is 14.7 Å². The number of nitrogens with one attached hydrogen (secondary N) is 1. The second kappa shape index (κ2) is 13.8. The molecule has 40 heavy (non-hydrogen) atoms. The highest BCUT2D eigenvalue weighted by Crippen LogP contribution is 2.28. The third-order valence-electron chi connectivity index (χ3n) is 6.53.